The van der Waals surface area contributed by atoms with Crippen LogP contribution >= 0.6 is 0 Å². The second kappa shape index (κ2) is 11.1. The lowest BCUT2D eigenvalue weighted by atomic mass is 9.85. The lowest BCUT2D eigenvalue weighted by Gasteiger charge is -2.44. The highest BCUT2D eigenvalue weighted by Crippen LogP contribution is 2.34. The quantitative estimate of drug-likeness (QED) is 0.501. The number of carbonyl (C=O) groups excluding carboxylic acids is 1. The zero-order valence-electron chi connectivity index (χ0n) is 19.4. The highest BCUT2D eigenvalue weighted by atomic mass is 16.5. The third kappa shape index (κ3) is 5.37. The summed E-state index contributed by atoms with van der Waals surface area (Å²) in [4.78, 5) is 28.1. The summed E-state index contributed by atoms with van der Waals surface area (Å²) in [5.74, 6) is -1.71. The fourth-order valence-electron chi connectivity index (χ4n) is 4.89. The van der Waals surface area contributed by atoms with Gasteiger partial charge in [0.15, 0.2) is 0 Å². The van der Waals surface area contributed by atoms with Crippen LogP contribution in [0, 0.1) is 0 Å². The Labute approximate surface area is 201 Å². The second-order valence-corrected chi connectivity index (χ2v) is 8.81. The number of nitrogens with zero attached hydrogens (tertiary/aromatic N) is 1. The van der Waals surface area contributed by atoms with E-state index < -0.39 is 17.9 Å². The molecule has 5 nitrogen and oxygen atoms in total. The number of rotatable bonds is 8. The predicted octanol–water partition coefficient (Wildman–Crippen LogP) is 5.26. The van der Waals surface area contributed by atoms with Crippen molar-refractivity contribution < 1.29 is 19.4 Å². The number of benzene rings is 3. The molecule has 0 radical (unpaired) electrons. The van der Waals surface area contributed by atoms with Crippen molar-refractivity contribution in [3.05, 3.63) is 108 Å². The fraction of sp³-hybridized carbons (Fsp3) is 0.310. The molecule has 5 heteroatoms. The molecule has 1 aliphatic heterocycles. The second-order valence-electron chi connectivity index (χ2n) is 8.81. The Bertz CT molecular complexity index is 1030. The van der Waals surface area contributed by atoms with Crippen LogP contribution in [0.2, 0.25) is 0 Å². The van der Waals surface area contributed by atoms with Crippen LogP contribution in [-0.4, -0.2) is 40.1 Å². The van der Waals surface area contributed by atoms with Gasteiger partial charge in [0.2, 0.25) is 5.91 Å². The maximum atomic E-state index is 14.1. The lowest BCUT2D eigenvalue weighted by molar-refractivity contribution is -0.160. The van der Waals surface area contributed by atoms with Crippen LogP contribution in [0.5, 0.6) is 0 Å². The van der Waals surface area contributed by atoms with Gasteiger partial charge in [0, 0.05) is 12.5 Å². The summed E-state index contributed by atoms with van der Waals surface area (Å²) in [5.41, 5.74) is 2.77. The van der Waals surface area contributed by atoms with Crippen molar-refractivity contribution >= 4 is 11.9 Å². The van der Waals surface area contributed by atoms with Crippen LogP contribution in [0.15, 0.2) is 91.0 Å². The summed E-state index contributed by atoms with van der Waals surface area (Å²) >= 11 is 0. The molecule has 3 aromatic carbocycles. The summed E-state index contributed by atoms with van der Waals surface area (Å²) in [5, 5.41) is 10.1. The number of likely N-dealkylation sites (tertiary alicyclic amines) is 1. The van der Waals surface area contributed by atoms with Gasteiger partial charge in [-0.3, -0.25) is 4.79 Å². The van der Waals surface area contributed by atoms with Crippen LogP contribution in [0.4, 0.5) is 0 Å². The molecular formula is C29H31NO4. The van der Waals surface area contributed by atoms with Gasteiger partial charge in [0.05, 0.1) is 18.6 Å². The largest absolute Gasteiger partial charge is 0.480 e. The summed E-state index contributed by atoms with van der Waals surface area (Å²) in [6, 6.07) is 27.9. The van der Waals surface area contributed by atoms with Gasteiger partial charge in [-0.2, -0.15) is 0 Å². The molecule has 3 atom stereocenters. The number of carboxylic acid groups (broad SMARTS) is 1. The first kappa shape index (κ1) is 23.7. The van der Waals surface area contributed by atoms with Crippen LogP contribution in [0.3, 0.4) is 0 Å². The fourth-order valence-corrected chi connectivity index (χ4v) is 4.89. The van der Waals surface area contributed by atoms with Gasteiger partial charge in [-0.1, -0.05) is 97.9 Å². The van der Waals surface area contributed by atoms with Crippen molar-refractivity contribution in [3.8, 4) is 0 Å². The van der Waals surface area contributed by atoms with Crippen LogP contribution < -0.4 is 0 Å². The first-order chi connectivity index (χ1) is 16.6. The van der Waals surface area contributed by atoms with Crippen molar-refractivity contribution in [2.75, 3.05) is 0 Å². The summed E-state index contributed by atoms with van der Waals surface area (Å²) < 4.78 is 6.14. The van der Waals surface area contributed by atoms with E-state index in [4.69, 9.17) is 4.74 Å². The van der Waals surface area contributed by atoms with Gasteiger partial charge in [0.25, 0.3) is 0 Å². The number of ether oxygens (including phenoxy) is 1. The Morgan fingerprint density at radius 3 is 1.91 bits per heavy atom. The van der Waals surface area contributed by atoms with Gasteiger partial charge >= 0.3 is 5.97 Å². The zero-order chi connectivity index (χ0) is 23.9. The number of aliphatic carboxylic acids is 1. The van der Waals surface area contributed by atoms with E-state index in [-0.39, 0.29) is 24.5 Å². The minimum atomic E-state index is -0.986. The van der Waals surface area contributed by atoms with Crippen molar-refractivity contribution in [1.82, 2.24) is 4.90 Å². The highest BCUT2D eigenvalue weighted by Gasteiger charge is 2.44. The molecule has 1 amide bonds. The Morgan fingerprint density at radius 2 is 1.41 bits per heavy atom. The highest BCUT2D eigenvalue weighted by molar-refractivity contribution is 5.91. The van der Waals surface area contributed by atoms with Gasteiger partial charge in [-0.25, -0.2) is 4.79 Å². The average Bonchev–Trinajstić information content (AvgIpc) is 2.88. The molecule has 4 rings (SSSR count). The number of hydrogen-bond donors (Lipinski definition) is 1. The number of hydrogen-bond acceptors (Lipinski definition) is 3. The third-order valence-electron chi connectivity index (χ3n) is 6.60. The van der Waals surface area contributed by atoms with E-state index in [9.17, 15) is 14.7 Å². The van der Waals surface area contributed by atoms with Crippen LogP contribution in [-0.2, 0) is 20.9 Å². The molecule has 1 fully saturated rings. The Kier molecular flexibility index (Phi) is 7.76. The van der Waals surface area contributed by atoms with E-state index >= 15 is 0 Å². The minimum Gasteiger partial charge on any atom is -0.480 e. The summed E-state index contributed by atoms with van der Waals surface area (Å²) in [6.07, 6.45) is 1.34. The Balaban J connectivity index is 1.61. The van der Waals surface area contributed by atoms with E-state index in [0.717, 1.165) is 16.7 Å². The van der Waals surface area contributed by atoms with Crippen molar-refractivity contribution in [1.29, 1.82) is 0 Å². The van der Waals surface area contributed by atoms with E-state index in [1.165, 1.54) is 0 Å². The average molecular weight is 458 g/mol. The first-order valence-corrected chi connectivity index (χ1v) is 11.9. The molecule has 1 N–H and O–H groups in total. The smallest absolute Gasteiger partial charge is 0.326 e. The van der Waals surface area contributed by atoms with Crippen molar-refractivity contribution in [2.45, 2.75) is 56.9 Å². The zero-order valence-corrected chi connectivity index (χ0v) is 19.4. The van der Waals surface area contributed by atoms with Gasteiger partial charge in [-0.05, 0) is 29.5 Å². The van der Waals surface area contributed by atoms with E-state index in [2.05, 4.69) is 0 Å². The van der Waals surface area contributed by atoms with Gasteiger partial charge in [-0.15, -0.1) is 0 Å². The molecule has 176 valence electrons. The van der Waals surface area contributed by atoms with Crippen LogP contribution in [0.25, 0.3) is 0 Å². The number of piperidine rings is 1. The van der Waals surface area contributed by atoms with Gasteiger partial charge < -0.3 is 14.7 Å². The molecule has 1 aliphatic rings. The molecular weight excluding hydrogens is 426 g/mol. The molecule has 0 bridgehead atoms. The molecule has 3 aromatic rings. The van der Waals surface area contributed by atoms with Crippen molar-refractivity contribution in [2.24, 2.45) is 0 Å². The molecule has 0 saturated carbocycles. The normalized spacial score (nSPS) is 20.3. The van der Waals surface area contributed by atoms with Gasteiger partial charge in [0.1, 0.15) is 6.04 Å². The van der Waals surface area contributed by atoms with E-state index in [1.807, 2.05) is 97.9 Å². The molecule has 0 spiro atoms. The molecule has 0 aliphatic carbocycles. The maximum absolute atomic E-state index is 14.1. The van der Waals surface area contributed by atoms with E-state index in [0.29, 0.717) is 19.4 Å². The SMILES string of the molecule is CC[C@@H]1CC(OCc2ccccc2)C[C@@H](C(=O)O)N1C(=O)C(c1ccccc1)c1ccccc1. The topological polar surface area (TPSA) is 66.8 Å². The standard InChI is InChI=1S/C29H31NO4/c1-2-24-18-25(34-20-21-12-6-3-7-13-21)19-26(29(32)33)30(24)28(31)27(22-14-8-4-9-15-22)23-16-10-5-11-17-23/h3-17,24-27H,2,18-20H2,1H3,(H,32,33)/t24-,25?,26+/m1/s1. The number of amides is 1. The van der Waals surface area contributed by atoms with E-state index in [1.54, 1.807) is 4.90 Å². The Hall–Kier alpha value is -3.44. The minimum absolute atomic E-state index is 0.168. The predicted molar refractivity (Wildman–Crippen MR) is 131 cm³/mol. The molecule has 1 saturated heterocycles. The van der Waals surface area contributed by atoms with Crippen molar-refractivity contribution in [3.63, 3.8) is 0 Å². The molecule has 0 aromatic heterocycles. The molecule has 34 heavy (non-hydrogen) atoms. The summed E-state index contributed by atoms with van der Waals surface area (Å²) in [6.45, 7) is 2.43. The maximum Gasteiger partial charge on any atom is 0.326 e. The molecule has 1 unspecified atom stereocenters. The lowest BCUT2D eigenvalue weighted by Crippen LogP contribution is -2.58. The van der Waals surface area contributed by atoms with Crippen LogP contribution in [0.1, 0.15) is 48.8 Å². The summed E-state index contributed by atoms with van der Waals surface area (Å²) in [7, 11) is 0. The third-order valence-corrected chi connectivity index (χ3v) is 6.60. The first-order valence-electron chi connectivity index (χ1n) is 11.9. The Morgan fingerprint density at radius 1 is 0.882 bits per heavy atom. The number of carboxylic acids is 1. The number of carbonyl (C=O) groups is 2. The monoisotopic (exact) mass is 457 g/mol. The molecule has 1 heterocycles.